The second-order valence-electron chi connectivity index (χ2n) is 12.0. The molecule has 2 amide bonds. The Labute approximate surface area is 242 Å². The van der Waals surface area contributed by atoms with Crippen LogP contribution in [0.1, 0.15) is 90.1 Å². The zero-order valence-corrected chi connectivity index (χ0v) is 24.5. The van der Waals surface area contributed by atoms with E-state index >= 15 is 0 Å². The van der Waals surface area contributed by atoms with Crippen LogP contribution in [-0.2, 0) is 25.6 Å². The quantitative estimate of drug-likeness (QED) is 0.125. The highest BCUT2D eigenvalue weighted by Gasteiger charge is 2.57. The molecule has 224 valence electrons. The van der Waals surface area contributed by atoms with E-state index < -0.39 is 24.9 Å². The number of amides is 2. The monoisotopic (exact) mass is 569 g/mol. The van der Waals surface area contributed by atoms with E-state index in [1.165, 1.54) is 10.5 Å². The van der Waals surface area contributed by atoms with E-state index in [0.717, 1.165) is 30.4 Å². The number of rotatable bonds is 14. The van der Waals surface area contributed by atoms with Gasteiger partial charge in [-0.3, -0.25) is 19.3 Å². The van der Waals surface area contributed by atoms with Gasteiger partial charge in [0, 0.05) is 13.0 Å². The number of aliphatic hydroxyl groups excluding tert-OH is 1. The van der Waals surface area contributed by atoms with Crippen molar-refractivity contribution in [3.63, 3.8) is 0 Å². The fourth-order valence-electron chi connectivity index (χ4n) is 6.92. The Kier molecular flexibility index (Phi) is 10.7. The summed E-state index contributed by atoms with van der Waals surface area (Å²) in [5, 5.41) is 29.0. The van der Waals surface area contributed by atoms with Gasteiger partial charge in [0.2, 0.25) is 11.8 Å². The number of carboxylic acid groups (broad SMARTS) is 1. The number of nitrogens with zero attached hydrogens (tertiary/aromatic N) is 1. The van der Waals surface area contributed by atoms with Crippen LogP contribution in [0.5, 0.6) is 0 Å². The van der Waals surface area contributed by atoms with Crippen molar-refractivity contribution in [1.82, 2.24) is 4.90 Å². The van der Waals surface area contributed by atoms with E-state index in [-0.39, 0.29) is 42.8 Å². The van der Waals surface area contributed by atoms with Crippen LogP contribution in [0.15, 0.2) is 33.3 Å². The summed E-state index contributed by atoms with van der Waals surface area (Å²) in [5.74, 6) is -0.923. The van der Waals surface area contributed by atoms with Crippen molar-refractivity contribution in [1.29, 1.82) is 0 Å². The molecule has 41 heavy (non-hydrogen) atoms. The molecule has 1 aliphatic carbocycles. The number of likely N-dealkylation sites (tertiary alicyclic amines) is 1. The lowest BCUT2D eigenvalue weighted by atomic mass is 9.57. The zero-order valence-electron chi connectivity index (χ0n) is 24.5. The number of imide groups is 1. The smallest absolute Gasteiger partial charge is 0.455 e. The van der Waals surface area contributed by atoms with Crippen LogP contribution in [0.4, 0.5) is 0 Å². The molecule has 1 aromatic heterocycles. The summed E-state index contributed by atoms with van der Waals surface area (Å²) in [6.45, 7) is 6.50. The van der Waals surface area contributed by atoms with Crippen molar-refractivity contribution in [2.24, 2.45) is 23.7 Å². The van der Waals surface area contributed by atoms with Gasteiger partial charge in [-0.1, -0.05) is 44.8 Å². The van der Waals surface area contributed by atoms with Crippen LogP contribution < -0.4 is 0 Å². The van der Waals surface area contributed by atoms with Crippen LogP contribution in [0.25, 0.3) is 6.08 Å². The molecule has 4 atom stereocenters. The number of aliphatic hydroxyl groups is 1. The topological polar surface area (TPSA) is 138 Å². The molecule has 0 saturated carbocycles. The molecule has 2 saturated heterocycles. The standard InChI is InChI=1S/C31H44BNO8/c1-4-8-20(15-21-11-12-22(18-34)40-21)10-13-26-28-23(19(2)3)16-24-29(25(28)17-32(39)41-26)31(38)33(30(24)37)14-7-5-6-9-27(35)36/h11-12,15,19,24-26,29,34,39H,4-10,13-14,16-18H2,1-3H3,(H,35,36)/b20-15+/t24-,25+,26-,29-/m1/s1. The first-order valence-corrected chi connectivity index (χ1v) is 15.2. The molecule has 10 heteroatoms. The first-order chi connectivity index (χ1) is 19.6. The maximum absolute atomic E-state index is 13.7. The summed E-state index contributed by atoms with van der Waals surface area (Å²) in [6, 6.07) is 3.61. The highest BCUT2D eigenvalue weighted by Crippen LogP contribution is 2.52. The highest BCUT2D eigenvalue weighted by molar-refractivity contribution is 6.43. The SMILES string of the molecule is CCC/C(=C\c1ccc(CO)o1)CC[C@H]1OB(O)C[C@H]2C1=C(C(C)C)C[C@H]1C(=O)N(CCCCCC(=O)O)C(=O)[C@H]12. The fourth-order valence-corrected chi connectivity index (χ4v) is 6.92. The van der Waals surface area contributed by atoms with E-state index in [0.29, 0.717) is 56.5 Å². The van der Waals surface area contributed by atoms with Gasteiger partial charge in [0.1, 0.15) is 18.1 Å². The summed E-state index contributed by atoms with van der Waals surface area (Å²) < 4.78 is 11.8. The molecule has 9 nitrogen and oxygen atoms in total. The molecule has 0 aromatic carbocycles. The first kappa shape index (κ1) is 31.3. The molecule has 3 aliphatic rings. The molecule has 0 spiro atoms. The Hall–Kier alpha value is -2.69. The number of fused-ring (bicyclic) bond motifs is 3. The van der Waals surface area contributed by atoms with Crippen molar-refractivity contribution in [3.05, 3.63) is 40.4 Å². The Morgan fingerprint density at radius 2 is 1.90 bits per heavy atom. The molecule has 3 N–H and O–H groups in total. The van der Waals surface area contributed by atoms with E-state index in [9.17, 15) is 24.5 Å². The number of allylic oxidation sites excluding steroid dienone is 2. The summed E-state index contributed by atoms with van der Waals surface area (Å²) in [7, 11) is -1.01. The minimum Gasteiger partial charge on any atom is -0.481 e. The maximum atomic E-state index is 13.7. The van der Waals surface area contributed by atoms with Crippen LogP contribution in [0, 0.1) is 23.7 Å². The normalized spacial score (nSPS) is 24.9. The second-order valence-corrected chi connectivity index (χ2v) is 12.0. The Balaban J connectivity index is 1.53. The fraction of sp³-hybridized carbons (Fsp3) is 0.645. The van der Waals surface area contributed by atoms with Crippen LogP contribution >= 0.6 is 0 Å². The lowest BCUT2D eigenvalue weighted by Gasteiger charge is -2.44. The molecule has 0 bridgehead atoms. The van der Waals surface area contributed by atoms with Gasteiger partial charge in [0.05, 0.1) is 17.9 Å². The molecule has 2 aliphatic heterocycles. The highest BCUT2D eigenvalue weighted by atomic mass is 16.5. The molecular weight excluding hydrogens is 525 g/mol. The van der Waals surface area contributed by atoms with Crippen LogP contribution in [0.2, 0.25) is 6.32 Å². The van der Waals surface area contributed by atoms with Gasteiger partial charge in [-0.2, -0.15) is 0 Å². The Bertz CT molecular complexity index is 1170. The molecule has 3 heterocycles. The van der Waals surface area contributed by atoms with E-state index in [1.807, 2.05) is 12.1 Å². The lowest BCUT2D eigenvalue weighted by Crippen LogP contribution is -2.46. The largest absolute Gasteiger partial charge is 0.481 e. The number of furan rings is 1. The third-order valence-corrected chi connectivity index (χ3v) is 8.79. The van der Waals surface area contributed by atoms with Crippen molar-refractivity contribution in [2.45, 2.75) is 97.6 Å². The minimum absolute atomic E-state index is 0.0832. The van der Waals surface area contributed by atoms with Gasteiger partial charge >= 0.3 is 13.1 Å². The number of hydrogen-bond acceptors (Lipinski definition) is 7. The number of unbranched alkanes of at least 4 members (excludes halogenated alkanes) is 2. The molecular formula is C31H44BNO8. The van der Waals surface area contributed by atoms with E-state index in [1.54, 1.807) is 6.07 Å². The number of aliphatic carboxylic acids is 1. The molecule has 4 rings (SSSR count). The number of carbonyl (C=O) groups is 3. The van der Waals surface area contributed by atoms with E-state index in [2.05, 4.69) is 20.8 Å². The van der Waals surface area contributed by atoms with Gasteiger partial charge in [-0.05, 0) is 80.5 Å². The third-order valence-electron chi connectivity index (χ3n) is 8.79. The van der Waals surface area contributed by atoms with E-state index in [4.69, 9.17) is 14.2 Å². The van der Waals surface area contributed by atoms with Gasteiger partial charge in [-0.15, -0.1) is 0 Å². The van der Waals surface area contributed by atoms with Gasteiger partial charge < -0.3 is 24.3 Å². The average molecular weight is 570 g/mol. The van der Waals surface area contributed by atoms with Crippen LogP contribution in [0.3, 0.4) is 0 Å². The van der Waals surface area contributed by atoms with Crippen LogP contribution in [-0.4, -0.2) is 57.7 Å². The van der Waals surface area contributed by atoms with Crippen molar-refractivity contribution in [3.8, 4) is 0 Å². The zero-order chi connectivity index (χ0) is 29.7. The van der Waals surface area contributed by atoms with Gasteiger partial charge in [0.25, 0.3) is 0 Å². The molecule has 0 unspecified atom stereocenters. The Morgan fingerprint density at radius 3 is 2.56 bits per heavy atom. The average Bonchev–Trinajstić information content (AvgIpc) is 3.48. The minimum atomic E-state index is -1.01. The molecule has 2 fully saturated rings. The number of carbonyl (C=O) groups excluding carboxylic acids is 2. The van der Waals surface area contributed by atoms with Crippen molar-refractivity contribution < 1.29 is 38.7 Å². The molecule has 1 aromatic rings. The first-order valence-electron chi connectivity index (χ1n) is 15.2. The predicted molar refractivity (Wildman–Crippen MR) is 154 cm³/mol. The summed E-state index contributed by atoms with van der Waals surface area (Å²) in [4.78, 5) is 39.3. The summed E-state index contributed by atoms with van der Waals surface area (Å²) >= 11 is 0. The second kappa shape index (κ2) is 14.0. The van der Waals surface area contributed by atoms with Gasteiger partial charge in [0.15, 0.2) is 0 Å². The van der Waals surface area contributed by atoms with Gasteiger partial charge in [-0.25, -0.2) is 0 Å². The predicted octanol–water partition coefficient (Wildman–Crippen LogP) is 4.83. The number of carboxylic acids is 1. The summed E-state index contributed by atoms with van der Waals surface area (Å²) in [6.07, 6.45) is 7.53. The summed E-state index contributed by atoms with van der Waals surface area (Å²) in [5.41, 5.74) is 3.44. The van der Waals surface area contributed by atoms with Crippen molar-refractivity contribution >= 4 is 31.0 Å². The lowest BCUT2D eigenvalue weighted by molar-refractivity contribution is -0.141. The maximum Gasteiger partial charge on any atom is 0.455 e. The third kappa shape index (κ3) is 7.21. The number of hydrogen-bond donors (Lipinski definition) is 3. The Morgan fingerprint density at radius 1 is 1.12 bits per heavy atom. The molecule has 0 radical (unpaired) electrons. The van der Waals surface area contributed by atoms with Crippen molar-refractivity contribution in [2.75, 3.05) is 6.54 Å².